The SMILES string of the molecule is Cc1occc1-c1nnc(SC(C)C(=O)NCC2CCCCC2)n1N. The third-order valence-corrected chi connectivity index (χ3v) is 5.76. The van der Waals surface area contributed by atoms with Crippen molar-refractivity contribution >= 4 is 17.7 Å². The molecular weight excluding hydrogens is 338 g/mol. The number of furan rings is 1. The van der Waals surface area contributed by atoms with Crippen molar-refractivity contribution in [1.82, 2.24) is 20.2 Å². The Morgan fingerprint density at radius 2 is 2.20 bits per heavy atom. The first-order chi connectivity index (χ1) is 12.1. The van der Waals surface area contributed by atoms with E-state index in [1.54, 1.807) is 12.3 Å². The van der Waals surface area contributed by atoms with Crippen LogP contribution in [0.1, 0.15) is 44.8 Å². The van der Waals surface area contributed by atoms with Crippen LogP contribution in [-0.4, -0.2) is 32.6 Å². The van der Waals surface area contributed by atoms with E-state index < -0.39 is 0 Å². The highest BCUT2D eigenvalue weighted by Gasteiger charge is 2.22. The predicted molar refractivity (Wildman–Crippen MR) is 97.5 cm³/mol. The lowest BCUT2D eigenvalue weighted by Crippen LogP contribution is -2.35. The first-order valence-corrected chi connectivity index (χ1v) is 9.63. The molecule has 136 valence electrons. The summed E-state index contributed by atoms with van der Waals surface area (Å²) in [6.45, 7) is 4.47. The van der Waals surface area contributed by atoms with Crippen molar-refractivity contribution in [2.75, 3.05) is 12.4 Å². The fourth-order valence-corrected chi connectivity index (χ4v) is 3.94. The van der Waals surface area contributed by atoms with Gasteiger partial charge in [0.05, 0.1) is 17.1 Å². The van der Waals surface area contributed by atoms with E-state index in [2.05, 4.69) is 15.5 Å². The van der Waals surface area contributed by atoms with Crippen LogP contribution >= 0.6 is 11.8 Å². The zero-order valence-corrected chi connectivity index (χ0v) is 15.5. The maximum absolute atomic E-state index is 12.3. The molecule has 8 heteroatoms. The number of carbonyl (C=O) groups excluding carboxylic acids is 1. The van der Waals surface area contributed by atoms with Gasteiger partial charge in [-0.25, -0.2) is 4.68 Å². The first-order valence-electron chi connectivity index (χ1n) is 8.75. The van der Waals surface area contributed by atoms with E-state index in [1.807, 2.05) is 13.8 Å². The minimum absolute atomic E-state index is 0.0135. The molecule has 0 spiro atoms. The topological polar surface area (TPSA) is 99.0 Å². The molecule has 0 aliphatic heterocycles. The lowest BCUT2D eigenvalue weighted by atomic mass is 9.89. The Kier molecular flexibility index (Phi) is 5.67. The summed E-state index contributed by atoms with van der Waals surface area (Å²) < 4.78 is 6.69. The van der Waals surface area contributed by atoms with Gasteiger partial charge in [0.25, 0.3) is 0 Å². The molecule has 1 atom stereocenters. The summed E-state index contributed by atoms with van der Waals surface area (Å²) in [7, 11) is 0. The lowest BCUT2D eigenvalue weighted by Gasteiger charge is -2.22. The molecule has 0 radical (unpaired) electrons. The summed E-state index contributed by atoms with van der Waals surface area (Å²) in [6.07, 6.45) is 7.89. The molecule has 1 aliphatic rings. The number of aromatic nitrogens is 3. The molecule has 1 unspecified atom stereocenters. The molecule has 3 N–H and O–H groups in total. The van der Waals surface area contributed by atoms with Gasteiger partial charge < -0.3 is 15.6 Å². The fraction of sp³-hybridized carbons (Fsp3) is 0.588. The van der Waals surface area contributed by atoms with Crippen molar-refractivity contribution in [3.63, 3.8) is 0 Å². The van der Waals surface area contributed by atoms with Crippen LogP contribution in [0, 0.1) is 12.8 Å². The summed E-state index contributed by atoms with van der Waals surface area (Å²) in [5, 5.41) is 11.5. The Labute approximate surface area is 151 Å². The highest BCUT2D eigenvalue weighted by Crippen LogP contribution is 2.27. The van der Waals surface area contributed by atoms with Crippen LogP contribution in [0.25, 0.3) is 11.4 Å². The van der Waals surface area contributed by atoms with Gasteiger partial charge in [-0.05, 0) is 38.7 Å². The van der Waals surface area contributed by atoms with Gasteiger partial charge in [0.1, 0.15) is 5.76 Å². The van der Waals surface area contributed by atoms with Gasteiger partial charge in [0.15, 0.2) is 5.82 Å². The van der Waals surface area contributed by atoms with E-state index in [1.165, 1.54) is 48.5 Å². The Bertz CT molecular complexity index is 720. The molecule has 3 rings (SSSR count). The Balaban J connectivity index is 1.57. The third-order valence-electron chi connectivity index (χ3n) is 4.71. The molecule has 1 saturated carbocycles. The van der Waals surface area contributed by atoms with Crippen LogP contribution < -0.4 is 11.2 Å². The molecule has 1 fully saturated rings. The smallest absolute Gasteiger partial charge is 0.233 e. The largest absolute Gasteiger partial charge is 0.469 e. The number of nitrogen functional groups attached to an aromatic ring is 1. The van der Waals surface area contributed by atoms with Gasteiger partial charge >= 0.3 is 0 Å². The quantitative estimate of drug-likeness (QED) is 0.605. The summed E-state index contributed by atoms with van der Waals surface area (Å²) in [4.78, 5) is 12.3. The number of thioether (sulfide) groups is 1. The molecule has 0 saturated heterocycles. The molecular formula is C17H25N5O2S. The molecule has 2 heterocycles. The summed E-state index contributed by atoms with van der Waals surface area (Å²) >= 11 is 1.31. The first kappa shape index (κ1) is 17.8. The van der Waals surface area contributed by atoms with Crippen molar-refractivity contribution in [1.29, 1.82) is 0 Å². The summed E-state index contributed by atoms with van der Waals surface area (Å²) in [5.74, 6) is 7.99. The lowest BCUT2D eigenvalue weighted by molar-refractivity contribution is -0.120. The fourth-order valence-electron chi connectivity index (χ4n) is 3.15. The monoisotopic (exact) mass is 363 g/mol. The molecule has 1 amide bonds. The van der Waals surface area contributed by atoms with Crippen molar-refractivity contribution < 1.29 is 9.21 Å². The number of hydrogen-bond acceptors (Lipinski definition) is 6. The van der Waals surface area contributed by atoms with Crippen LogP contribution in [-0.2, 0) is 4.79 Å². The maximum atomic E-state index is 12.3. The molecule has 1 aliphatic carbocycles. The van der Waals surface area contributed by atoms with E-state index in [0.29, 0.717) is 16.9 Å². The second-order valence-corrected chi connectivity index (χ2v) is 7.88. The van der Waals surface area contributed by atoms with E-state index in [-0.39, 0.29) is 11.2 Å². The number of nitrogens with zero attached hydrogens (tertiary/aromatic N) is 3. The van der Waals surface area contributed by atoms with Crippen molar-refractivity contribution in [2.45, 2.75) is 56.4 Å². The molecule has 0 bridgehead atoms. The van der Waals surface area contributed by atoms with E-state index in [9.17, 15) is 4.79 Å². The average Bonchev–Trinajstić information content (AvgIpc) is 3.19. The van der Waals surface area contributed by atoms with Crippen LogP contribution in [0.15, 0.2) is 21.9 Å². The van der Waals surface area contributed by atoms with E-state index in [0.717, 1.165) is 17.9 Å². The van der Waals surface area contributed by atoms with Gasteiger partial charge in [-0.1, -0.05) is 31.0 Å². The van der Waals surface area contributed by atoms with Crippen LogP contribution in [0.2, 0.25) is 0 Å². The number of rotatable bonds is 6. The van der Waals surface area contributed by atoms with E-state index in [4.69, 9.17) is 10.3 Å². The number of carbonyl (C=O) groups is 1. The molecule has 25 heavy (non-hydrogen) atoms. The molecule has 7 nitrogen and oxygen atoms in total. The van der Waals surface area contributed by atoms with E-state index >= 15 is 0 Å². The minimum atomic E-state index is -0.284. The highest BCUT2D eigenvalue weighted by atomic mass is 32.2. The Hall–Kier alpha value is -1.96. The zero-order chi connectivity index (χ0) is 17.8. The van der Waals surface area contributed by atoms with Gasteiger partial charge in [-0.3, -0.25) is 4.79 Å². The Morgan fingerprint density at radius 1 is 1.44 bits per heavy atom. The number of aryl methyl sites for hydroxylation is 1. The number of amides is 1. The number of nitrogens with two attached hydrogens (primary N) is 1. The van der Waals surface area contributed by atoms with Gasteiger partial charge in [0, 0.05) is 6.54 Å². The van der Waals surface area contributed by atoms with Gasteiger partial charge in [-0.2, -0.15) is 0 Å². The van der Waals surface area contributed by atoms with Gasteiger partial charge in [-0.15, -0.1) is 10.2 Å². The molecule has 2 aromatic heterocycles. The Morgan fingerprint density at radius 3 is 2.88 bits per heavy atom. The highest BCUT2D eigenvalue weighted by molar-refractivity contribution is 8.00. The summed E-state index contributed by atoms with van der Waals surface area (Å²) in [6, 6.07) is 1.80. The third kappa shape index (κ3) is 4.18. The molecule has 0 aromatic carbocycles. The average molecular weight is 363 g/mol. The standard InChI is InChI=1S/C17H25N5O2S/c1-11-14(8-9-24-11)15-20-21-17(22(15)18)25-12(2)16(23)19-10-13-6-4-3-5-7-13/h8-9,12-13H,3-7,10,18H2,1-2H3,(H,19,23). The van der Waals surface area contributed by atoms with Crippen molar-refractivity contribution in [2.24, 2.45) is 5.92 Å². The number of nitrogens with one attached hydrogen (secondary N) is 1. The summed E-state index contributed by atoms with van der Waals surface area (Å²) in [5.41, 5.74) is 0.802. The van der Waals surface area contributed by atoms with Gasteiger partial charge in [0.2, 0.25) is 11.1 Å². The van der Waals surface area contributed by atoms with Crippen LogP contribution in [0.4, 0.5) is 0 Å². The normalized spacial score (nSPS) is 16.7. The van der Waals surface area contributed by atoms with Crippen LogP contribution in [0.3, 0.4) is 0 Å². The zero-order valence-electron chi connectivity index (χ0n) is 14.7. The predicted octanol–water partition coefficient (Wildman–Crippen LogP) is 2.74. The minimum Gasteiger partial charge on any atom is -0.469 e. The van der Waals surface area contributed by atoms with Crippen molar-refractivity contribution in [3.05, 3.63) is 18.1 Å². The molecule has 2 aromatic rings. The number of hydrogen-bond donors (Lipinski definition) is 2. The second kappa shape index (κ2) is 7.95. The second-order valence-electron chi connectivity index (χ2n) is 6.58. The van der Waals surface area contributed by atoms with Crippen LogP contribution in [0.5, 0.6) is 0 Å². The van der Waals surface area contributed by atoms with Crippen molar-refractivity contribution in [3.8, 4) is 11.4 Å². The maximum Gasteiger partial charge on any atom is 0.233 e.